The number of carbonyl (C=O) groups is 2. The van der Waals surface area contributed by atoms with Crippen molar-refractivity contribution in [2.75, 3.05) is 14.2 Å². The Morgan fingerprint density at radius 3 is 2.33 bits per heavy atom. The van der Waals surface area contributed by atoms with Gasteiger partial charge in [0.25, 0.3) is 0 Å². The maximum absolute atomic E-state index is 12.7. The van der Waals surface area contributed by atoms with E-state index in [9.17, 15) is 9.59 Å². The molecule has 0 spiro atoms. The molecule has 0 aliphatic carbocycles. The number of nitrogens with zero attached hydrogens (tertiary/aromatic N) is 2. The molecule has 7 heteroatoms. The van der Waals surface area contributed by atoms with Crippen LogP contribution in [0.3, 0.4) is 0 Å². The number of ether oxygens (including phenoxy) is 2. The fourth-order valence-electron chi connectivity index (χ4n) is 3.34. The van der Waals surface area contributed by atoms with Crippen LogP contribution in [-0.2, 0) is 9.47 Å². The van der Waals surface area contributed by atoms with Crippen LogP contribution in [0, 0.1) is 0 Å². The quantitative estimate of drug-likeness (QED) is 0.396. The van der Waals surface area contributed by atoms with Gasteiger partial charge in [-0.1, -0.05) is 58.4 Å². The third kappa shape index (κ3) is 3.37. The van der Waals surface area contributed by atoms with Crippen LogP contribution in [0.5, 0.6) is 0 Å². The lowest BCUT2D eigenvalue weighted by atomic mass is 10.0. The Morgan fingerprint density at radius 2 is 1.63 bits per heavy atom. The summed E-state index contributed by atoms with van der Waals surface area (Å²) in [7, 11) is 2.53. The van der Waals surface area contributed by atoms with Crippen molar-refractivity contribution in [3.63, 3.8) is 0 Å². The second-order valence-electron chi connectivity index (χ2n) is 6.48. The van der Waals surface area contributed by atoms with Gasteiger partial charge in [0.05, 0.1) is 19.9 Å². The van der Waals surface area contributed by atoms with Crippen LogP contribution in [0.1, 0.15) is 20.8 Å². The zero-order chi connectivity index (χ0) is 21.3. The molecule has 4 aromatic rings. The summed E-state index contributed by atoms with van der Waals surface area (Å²) in [6, 6.07) is 20.7. The molecule has 0 unspecified atom stereocenters. The number of aromatic nitrogens is 2. The predicted octanol–water partition coefficient (Wildman–Crippen LogP) is 5.03. The first-order valence-corrected chi connectivity index (χ1v) is 9.88. The third-order valence-corrected chi connectivity index (χ3v) is 5.45. The Balaban J connectivity index is 2.04. The van der Waals surface area contributed by atoms with Gasteiger partial charge in [-0.2, -0.15) is 5.10 Å². The summed E-state index contributed by atoms with van der Waals surface area (Å²) in [6.45, 7) is 0. The lowest BCUT2D eigenvalue weighted by Gasteiger charge is -2.07. The second-order valence-corrected chi connectivity index (χ2v) is 7.33. The minimum absolute atomic E-state index is 0.0118. The number of para-hydroxylation sites is 1. The van der Waals surface area contributed by atoms with Crippen LogP contribution in [0.25, 0.3) is 27.7 Å². The minimum atomic E-state index is -0.681. The van der Waals surface area contributed by atoms with Gasteiger partial charge in [-0.15, -0.1) is 0 Å². The van der Waals surface area contributed by atoms with E-state index >= 15 is 0 Å². The average molecular weight is 465 g/mol. The van der Waals surface area contributed by atoms with Crippen LogP contribution in [-0.4, -0.2) is 35.9 Å². The molecule has 0 bridgehead atoms. The summed E-state index contributed by atoms with van der Waals surface area (Å²) < 4.78 is 12.3. The molecule has 4 rings (SSSR count). The van der Waals surface area contributed by atoms with Gasteiger partial charge in [-0.05, 0) is 35.0 Å². The van der Waals surface area contributed by atoms with Crippen LogP contribution in [0.2, 0.25) is 0 Å². The van der Waals surface area contributed by atoms with E-state index in [2.05, 4.69) is 21.0 Å². The summed E-state index contributed by atoms with van der Waals surface area (Å²) in [5.74, 6) is -1.35. The van der Waals surface area contributed by atoms with Gasteiger partial charge in [0.1, 0.15) is 11.3 Å². The number of benzene rings is 3. The van der Waals surface area contributed by atoms with Crippen molar-refractivity contribution in [3.05, 3.63) is 82.5 Å². The van der Waals surface area contributed by atoms with Gasteiger partial charge in [-0.3, -0.25) is 0 Å². The molecule has 6 nitrogen and oxygen atoms in total. The molecule has 0 aliphatic rings. The van der Waals surface area contributed by atoms with E-state index in [0.29, 0.717) is 16.9 Å². The second kappa shape index (κ2) is 8.12. The van der Waals surface area contributed by atoms with Gasteiger partial charge in [-0.25, -0.2) is 14.3 Å². The lowest BCUT2D eigenvalue weighted by Crippen LogP contribution is -2.15. The Labute approximate surface area is 181 Å². The molecule has 0 radical (unpaired) electrons. The van der Waals surface area contributed by atoms with Gasteiger partial charge in [0.15, 0.2) is 5.69 Å². The highest BCUT2D eigenvalue weighted by Gasteiger charge is 2.31. The van der Waals surface area contributed by atoms with Crippen LogP contribution in [0.15, 0.2) is 71.2 Å². The zero-order valence-corrected chi connectivity index (χ0v) is 17.8. The number of rotatable bonds is 4. The highest BCUT2D eigenvalue weighted by Crippen LogP contribution is 2.33. The fraction of sp³-hybridized carbons (Fsp3) is 0.0870. The molecule has 1 aromatic heterocycles. The molecule has 0 N–H and O–H groups in total. The highest BCUT2D eigenvalue weighted by molar-refractivity contribution is 9.10. The van der Waals surface area contributed by atoms with Gasteiger partial charge in [0.2, 0.25) is 0 Å². The number of hydrogen-bond donors (Lipinski definition) is 0. The van der Waals surface area contributed by atoms with E-state index in [-0.39, 0.29) is 11.3 Å². The first kappa shape index (κ1) is 19.8. The molecular weight excluding hydrogens is 448 g/mol. The number of halogens is 1. The standard InChI is InChI=1S/C23H17BrN2O4/c1-29-22(27)19-20(15-12-11-14-7-6-10-18(24)17(14)13-15)25-26(21(19)23(28)30-2)16-8-4-3-5-9-16/h3-13H,1-2H3. The largest absolute Gasteiger partial charge is 0.465 e. The Hall–Kier alpha value is -3.45. The van der Waals surface area contributed by atoms with E-state index in [1.165, 1.54) is 18.9 Å². The molecule has 0 atom stereocenters. The summed E-state index contributed by atoms with van der Waals surface area (Å²) in [6.07, 6.45) is 0. The molecule has 1 heterocycles. The van der Waals surface area contributed by atoms with Crippen LogP contribution < -0.4 is 0 Å². The molecule has 30 heavy (non-hydrogen) atoms. The number of carbonyl (C=O) groups excluding carboxylic acids is 2. The van der Waals surface area contributed by atoms with Gasteiger partial charge >= 0.3 is 11.9 Å². The third-order valence-electron chi connectivity index (χ3n) is 4.76. The highest BCUT2D eigenvalue weighted by atomic mass is 79.9. The molecule has 0 amide bonds. The number of esters is 2. The molecule has 0 aliphatic heterocycles. The number of methoxy groups -OCH3 is 2. The molecular formula is C23H17BrN2O4. The van der Waals surface area contributed by atoms with E-state index in [0.717, 1.165) is 15.2 Å². The van der Waals surface area contributed by atoms with Crippen molar-refractivity contribution < 1.29 is 19.1 Å². The Kier molecular flexibility index (Phi) is 5.37. The Morgan fingerprint density at radius 1 is 0.900 bits per heavy atom. The van der Waals surface area contributed by atoms with Crippen molar-refractivity contribution in [2.24, 2.45) is 0 Å². The SMILES string of the molecule is COC(=O)c1c(-c2ccc3cccc(Br)c3c2)nn(-c2ccccc2)c1C(=O)OC. The first-order chi connectivity index (χ1) is 14.5. The van der Waals surface area contributed by atoms with Crippen molar-refractivity contribution >= 4 is 38.6 Å². The lowest BCUT2D eigenvalue weighted by molar-refractivity contribution is 0.0549. The maximum Gasteiger partial charge on any atom is 0.357 e. The van der Waals surface area contributed by atoms with E-state index in [1.807, 2.05) is 54.6 Å². The summed E-state index contributed by atoms with van der Waals surface area (Å²) in [4.78, 5) is 25.4. The normalized spacial score (nSPS) is 10.8. The molecule has 150 valence electrons. The van der Waals surface area contributed by atoms with E-state index in [4.69, 9.17) is 9.47 Å². The van der Waals surface area contributed by atoms with Crippen molar-refractivity contribution in [2.45, 2.75) is 0 Å². The molecule has 3 aromatic carbocycles. The minimum Gasteiger partial charge on any atom is -0.465 e. The maximum atomic E-state index is 12.7. The van der Waals surface area contributed by atoms with Crippen LogP contribution >= 0.6 is 15.9 Å². The van der Waals surface area contributed by atoms with Crippen molar-refractivity contribution in [1.29, 1.82) is 0 Å². The summed E-state index contributed by atoms with van der Waals surface area (Å²) in [5.41, 5.74) is 1.70. The Bertz CT molecular complexity index is 1270. The number of fused-ring (bicyclic) bond motifs is 1. The van der Waals surface area contributed by atoms with E-state index < -0.39 is 11.9 Å². The predicted molar refractivity (Wildman–Crippen MR) is 117 cm³/mol. The zero-order valence-electron chi connectivity index (χ0n) is 16.3. The first-order valence-electron chi connectivity index (χ1n) is 9.09. The van der Waals surface area contributed by atoms with Gasteiger partial charge < -0.3 is 9.47 Å². The van der Waals surface area contributed by atoms with Crippen molar-refractivity contribution in [1.82, 2.24) is 9.78 Å². The van der Waals surface area contributed by atoms with E-state index in [1.54, 1.807) is 12.1 Å². The molecule has 0 fully saturated rings. The summed E-state index contributed by atoms with van der Waals surface area (Å²) in [5, 5.41) is 6.61. The number of hydrogen-bond acceptors (Lipinski definition) is 5. The topological polar surface area (TPSA) is 70.4 Å². The average Bonchev–Trinajstić information content (AvgIpc) is 3.19. The molecule has 0 saturated heterocycles. The smallest absolute Gasteiger partial charge is 0.357 e. The van der Waals surface area contributed by atoms with Crippen LogP contribution in [0.4, 0.5) is 0 Å². The monoisotopic (exact) mass is 464 g/mol. The van der Waals surface area contributed by atoms with Gasteiger partial charge in [0, 0.05) is 10.0 Å². The fourth-order valence-corrected chi connectivity index (χ4v) is 3.83. The van der Waals surface area contributed by atoms with Crippen molar-refractivity contribution in [3.8, 4) is 16.9 Å². The molecule has 0 saturated carbocycles. The summed E-state index contributed by atoms with van der Waals surface area (Å²) >= 11 is 3.56.